The highest BCUT2D eigenvalue weighted by molar-refractivity contribution is 5.77. The van der Waals surface area contributed by atoms with E-state index in [0.717, 1.165) is 0 Å². The highest BCUT2D eigenvalue weighted by atomic mass is 16.5. The number of nitriles is 1. The summed E-state index contributed by atoms with van der Waals surface area (Å²) in [6, 6.07) is 8.55. The van der Waals surface area contributed by atoms with Crippen LogP contribution in [0.15, 0.2) is 24.3 Å². The zero-order valence-electron chi connectivity index (χ0n) is 11.8. The Morgan fingerprint density at radius 2 is 2.14 bits per heavy atom. The first kappa shape index (κ1) is 16.5. The fraction of sp³-hybridized carbons (Fsp3) is 0.400. The molecule has 0 saturated heterocycles. The number of ether oxygens (including phenoxy) is 1. The fourth-order valence-electron chi connectivity index (χ4n) is 1.78. The molecule has 6 nitrogen and oxygen atoms in total. The molecule has 1 unspecified atom stereocenters. The minimum Gasteiger partial charge on any atom is -0.482 e. The molecule has 0 radical (unpaired) electrons. The first-order chi connectivity index (χ1) is 10.0. The van der Waals surface area contributed by atoms with Crippen molar-refractivity contribution in [2.45, 2.75) is 32.2 Å². The van der Waals surface area contributed by atoms with Crippen LogP contribution >= 0.6 is 0 Å². The van der Waals surface area contributed by atoms with Gasteiger partial charge in [-0.25, -0.2) is 0 Å². The molecule has 6 heteroatoms. The van der Waals surface area contributed by atoms with Gasteiger partial charge >= 0.3 is 5.97 Å². The second-order valence-electron chi connectivity index (χ2n) is 4.65. The Morgan fingerprint density at radius 3 is 2.81 bits per heavy atom. The molecule has 0 fully saturated rings. The van der Waals surface area contributed by atoms with Crippen molar-refractivity contribution in [3.63, 3.8) is 0 Å². The SMILES string of the molecule is CC(CCCC(=O)O)NC(=O)COc1ccccc1C#N. The van der Waals surface area contributed by atoms with E-state index < -0.39 is 5.97 Å². The lowest BCUT2D eigenvalue weighted by Crippen LogP contribution is -2.36. The molecule has 1 amide bonds. The Bertz CT molecular complexity index is 537. The van der Waals surface area contributed by atoms with Crippen LogP contribution in [0.4, 0.5) is 0 Å². The highest BCUT2D eigenvalue weighted by Gasteiger charge is 2.10. The van der Waals surface area contributed by atoms with E-state index in [1.54, 1.807) is 24.3 Å². The van der Waals surface area contributed by atoms with Gasteiger partial charge in [0.1, 0.15) is 11.8 Å². The van der Waals surface area contributed by atoms with Crippen molar-refractivity contribution in [1.82, 2.24) is 5.32 Å². The quantitative estimate of drug-likeness (QED) is 0.759. The van der Waals surface area contributed by atoms with Gasteiger partial charge in [0, 0.05) is 12.5 Å². The van der Waals surface area contributed by atoms with E-state index in [1.165, 1.54) is 0 Å². The number of amides is 1. The first-order valence-electron chi connectivity index (χ1n) is 6.66. The number of benzene rings is 1. The third-order valence-corrected chi connectivity index (χ3v) is 2.80. The summed E-state index contributed by atoms with van der Waals surface area (Å²) in [4.78, 5) is 22.1. The van der Waals surface area contributed by atoms with Crippen LogP contribution in [0, 0.1) is 11.3 Å². The van der Waals surface area contributed by atoms with Gasteiger partial charge in [-0.1, -0.05) is 12.1 Å². The van der Waals surface area contributed by atoms with Crippen molar-refractivity contribution < 1.29 is 19.4 Å². The van der Waals surface area contributed by atoms with Gasteiger partial charge in [-0.15, -0.1) is 0 Å². The maximum absolute atomic E-state index is 11.7. The molecule has 0 aromatic heterocycles. The van der Waals surface area contributed by atoms with Crippen LogP contribution in [-0.2, 0) is 9.59 Å². The van der Waals surface area contributed by atoms with E-state index in [9.17, 15) is 9.59 Å². The largest absolute Gasteiger partial charge is 0.482 e. The summed E-state index contributed by atoms with van der Waals surface area (Å²) in [5.74, 6) is -0.774. The second-order valence-corrected chi connectivity index (χ2v) is 4.65. The predicted molar refractivity (Wildman–Crippen MR) is 75.7 cm³/mol. The summed E-state index contributed by atoms with van der Waals surface area (Å²) in [6.07, 6.45) is 1.19. The van der Waals surface area contributed by atoms with E-state index in [4.69, 9.17) is 15.1 Å². The number of carboxylic acid groups (broad SMARTS) is 1. The molecule has 1 rings (SSSR count). The Morgan fingerprint density at radius 1 is 1.43 bits per heavy atom. The van der Waals surface area contributed by atoms with Gasteiger partial charge in [0.05, 0.1) is 5.56 Å². The van der Waals surface area contributed by atoms with E-state index in [-0.39, 0.29) is 25.0 Å². The zero-order chi connectivity index (χ0) is 15.7. The van der Waals surface area contributed by atoms with Gasteiger partial charge in [-0.2, -0.15) is 5.26 Å². The normalized spacial score (nSPS) is 11.2. The summed E-state index contributed by atoms with van der Waals surface area (Å²) in [6.45, 7) is 1.63. The molecule has 1 aromatic carbocycles. The van der Waals surface area contributed by atoms with Gasteiger partial charge in [0.2, 0.25) is 0 Å². The lowest BCUT2D eigenvalue weighted by Gasteiger charge is -2.14. The molecular weight excluding hydrogens is 272 g/mol. The smallest absolute Gasteiger partial charge is 0.303 e. The molecule has 0 aliphatic carbocycles. The third kappa shape index (κ3) is 6.43. The monoisotopic (exact) mass is 290 g/mol. The number of hydrogen-bond acceptors (Lipinski definition) is 4. The number of carboxylic acids is 1. The number of para-hydroxylation sites is 1. The Labute approximate surface area is 123 Å². The van der Waals surface area contributed by atoms with E-state index in [1.807, 2.05) is 13.0 Å². The van der Waals surface area contributed by atoms with Crippen LogP contribution in [0.3, 0.4) is 0 Å². The number of nitrogens with one attached hydrogen (secondary N) is 1. The average Bonchev–Trinajstić information content (AvgIpc) is 2.45. The number of rotatable bonds is 8. The van der Waals surface area contributed by atoms with Crippen LogP contribution in [0.25, 0.3) is 0 Å². The predicted octanol–water partition coefficient (Wildman–Crippen LogP) is 1.70. The van der Waals surface area contributed by atoms with Crippen LogP contribution in [0.1, 0.15) is 31.7 Å². The minimum absolute atomic E-state index is 0.0895. The van der Waals surface area contributed by atoms with Crippen molar-refractivity contribution in [3.8, 4) is 11.8 Å². The molecule has 0 heterocycles. The summed E-state index contributed by atoms with van der Waals surface area (Å²) < 4.78 is 5.30. The molecular formula is C15H18N2O4. The topological polar surface area (TPSA) is 99.4 Å². The number of carbonyl (C=O) groups is 2. The Hall–Kier alpha value is -2.55. The Kier molecular flexibility index (Phi) is 6.75. The molecule has 0 spiro atoms. The number of aliphatic carboxylic acids is 1. The minimum atomic E-state index is -0.843. The number of hydrogen-bond donors (Lipinski definition) is 2. The number of nitrogens with zero attached hydrogens (tertiary/aromatic N) is 1. The molecule has 0 saturated carbocycles. The van der Waals surface area contributed by atoms with E-state index in [2.05, 4.69) is 5.32 Å². The molecule has 21 heavy (non-hydrogen) atoms. The van der Waals surface area contributed by atoms with Crippen molar-refractivity contribution in [3.05, 3.63) is 29.8 Å². The summed E-state index contributed by atoms with van der Waals surface area (Å²) >= 11 is 0. The maximum atomic E-state index is 11.7. The van der Waals surface area contributed by atoms with Crippen LogP contribution in [-0.4, -0.2) is 29.6 Å². The van der Waals surface area contributed by atoms with Crippen molar-refractivity contribution >= 4 is 11.9 Å². The summed E-state index contributed by atoms with van der Waals surface area (Å²) in [5.41, 5.74) is 0.375. The molecule has 0 bridgehead atoms. The van der Waals surface area contributed by atoms with Gasteiger partial charge < -0.3 is 15.2 Å². The maximum Gasteiger partial charge on any atom is 0.303 e. The van der Waals surface area contributed by atoms with Gasteiger partial charge in [-0.3, -0.25) is 9.59 Å². The lowest BCUT2D eigenvalue weighted by atomic mass is 10.1. The molecule has 0 aliphatic rings. The number of carbonyl (C=O) groups excluding carboxylic acids is 1. The first-order valence-corrected chi connectivity index (χ1v) is 6.66. The average molecular weight is 290 g/mol. The van der Waals surface area contributed by atoms with Crippen LogP contribution in [0.2, 0.25) is 0 Å². The molecule has 1 aromatic rings. The van der Waals surface area contributed by atoms with Crippen LogP contribution in [0.5, 0.6) is 5.75 Å². The second kappa shape index (κ2) is 8.59. The van der Waals surface area contributed by atoms with Crippen molar-refractivity contribution in [1.29, 1.82) is 5.26 Å². The van der Waals surface area contributed by atoms with E-state index >= 15 is 0 Å². The van der Waals surface area contributed by atoms with Crippen molar-refractivity contribution in [2.24, 2.45) is 0 Å². The lowest BCUT2D eigenvalue weighted by molar-refractivity contribution is -0.137. The Balaban J connectivity index is 2.34. The highest BCUT2D eigenvalue weighted by Crippen LogP contribution is 2.16. The van der Waals surface area contributed by atoms with Crippen molar-refractivity contribution in [2.75, 3.05) is 6.61 Å². The van der Waals surface area contributed by atoms with Gasteiger partial charge in [0.25, 0.3) is 5.91 Å². The summed E-state index contributed by atoms with van der Waals surface area (Å²) in [7, 11) is 0. The third-order valence-electron chi connectivity index (χ3n) is 2.80. The van der Waals surface area contributed by atoms with Gasteiger partial charge in [-0.05, 0) is 31.9 Å². The zero-order valence-corrected chi connectivity index (χ0v) is 11.8. The molecule has 1 atom stereocenters. The van der Waals surface area contributed by atoms with E-state index in [0.29, 0.717) is 24.2 Å². The fourth-order valence-corrected chi connectivity index (χ4v) is 1.78. The molecule has 2 N–H and O–H groups in total. The van der Waals surface area contributed by atoms with Crippen LogP contribution < -0.4 is 10.1 Å². The standard InChI is InChI=1S/C15H18N2O4/c1-11(5-4-8-15(19)20)17-14(18)10-21-13-7-3-2-6-12(13)9-16/h2-3,6-7,11H,4-5,8,10H2,1H3,(H,17,18)(H,19,20). The summed E-state index contributed by atoms with van der Waals surface area (Å²) in [5, 5.41) is 20.1. The molecule has 0 aliphatic heterocycles. The molecule has 112 valence electrons. The van der Waals surface area contributed by atoms with Gasteiger partial charge in [0.15, 0.2) is 6.61 Å².